The smallest absolute Gasteiger partial charge is 0.261 e. The molecule has 0 fully saturated rings. The van der Waals surface area contributed by atoms with Crippen LogP contribution in [0.5, 0.6) is 0 Å². The fourth-order valence-electron chi connectivity index (χ4n) is 1.37. The van der Waals surface area contributed by atoms with Crippen LogP contribution in [0.3, 0.4) is 0 Å². The third-order valence-electron chi connectivity index (χ3n) is 2.20. The molecule has 2 aromatic rings. The molecule has 6 heteroatoms. The van der Waals surface area contributed by atoms with Crippen LogP contribution >= 0.6 is 10.7 Å². The SMILES string of the molecule is Cc1oncc1-c1ccc(S(=O)(=O)Cl)cc1. The Morgan fingerprint density at radius 1 is 1.25 bits per heavy atom. The monoisotopic (exact) mass is 257 g/mol. The molecule has 84 valence electrons. The van der Waals surface area contributed by atoms with Gasteiger partial charge in [-0.15, -0.1) is 0 Å². The molecule has 0 bridgehead atoms. The van der Waals surface area contributed by atoms with Crippen molar-refractivity contribution in [2.75, 3.05) is 0 Å². The molecule has 0 amide bonds. The number of benzene rings is 1. The van der Waals surface area contributed by atoms with Crippen molar-refractivity contribution in [3.63, 3.8) is 0 Å². The summed E-state index contributed by atoms with van der Waals surface area (Å²) in [5.74, 6) is 0.682. The number of nitrogens with zero attached hydrogens (tertiary/aromatic N) is 1. The molecule has 16 heavy (non-hydrogen) atoms. The van der Waals surface area contributed by atoms with Gasteiger partial charge in [-0.3, -0.25) is 0 Å². The van der Waals surface area contributed by atoms with E-state index < -0.39 is 9.05 Å². The number of hydrogen-bond donors (Lipinski definition) is 0. The number of aromatic nitrogens is 1. The van der Waals surface area contributed by atoms with Gasteiger partial charge in [0, 0.05) is 16.2 Å². The van der Waals surface area contributed by atoms with Crippen molar-refractivity contribution < 1.29 is 12.9 Å². The molecule has 1 aromatic heterocycles. The van der Waals surface area contributed by atoms with Crippen molar-refractivity contribution in [1.82, 2.24) is 5.16 Å². The van der Waals surface area contributed by atoms with Gasteiger partial charge in [-0.2, -0.15) is 0 Å². The highest BCUT2D eigenvalue weighted by atomic mass is 35.7. The fraction of sp³-hybridized carbons (Fsp3) is 0.100. The minimum absolute atomic E-state index is 0.0759. The lowest BCUT2D eigenvalue weighted by Crippen LogP contribution is -1.89. The second-order valence-electron chi connectivity index (χ2n) is 3.26. The Kier molecular flexibility index (Phi) is 2.73. The van der Waals surface area contributed by atoms with Crippen LogP contribution in [-0.4, -0.2) is 13.6 Å². The van der Waals surface area contributed by atoms with E-state index in [1.807, 2.05) is 0 Å². The highest BCUT2D eigenvalue weighted by Crippen LogP contribution is 2.25. The van der Waals surface area contributed by atoms with E-state index in [4.69, 9.17) is 15.2 Å². The predicted octanol–water partition coefficient (Wildman–Crippen LogP) is 2.58. The van der Waals surface area contributed by atoms with Gasteiger partial charge in [0.05, 0.1) is 11.1 Å². The Hall–Kier alpha value is -1.33. The first-order valence-electron chi connectivity index (χ1n) is 4.45. The van der Waals surface area contributed by atoms with Gasteiger partial charge in [-0.1, -0.05) is 17.3 Å². The Balaban J connectivity index is 2.45. The summed E-state index contributed by atoms with van der Waals surface area (Å²) in [5.41, 5.74) is 1.67. The molecule has 0 N–H and O–H groups in total. The van der Waals surface area contributed by atoms with Crippen molar-refractivity contribution in [2.45, 2.75) is 11.8 Å². The Morgan fingerprint density at radius 3 is 2.31 bits per heavy atom. The second-order valence-corrected chi connectivity index (χ2v) is 5.82. The molecule has 4 nitrogen and oxygen atoms in total. The first kappa shape index (κ1) is 11.2. The van der Waals surface area contributed by atoms with Gasteiger partial charge in [-0.25, -0.2) is 8.42 Å². The lowest BCUT2D eigenvalue weighted by molar-refractivity contribution is 0.398. The molecule has 0 atom stereocenters. The zero-order chi connectivity index (χ0) is 11.8. The predicted molar refractivity (Wildman–Crippen MR) is 59.7 cm³/mol. The summed E-state index contributed by atoms with van der Waals surface area (Å²) >= 11 is 0. The van der Waals surface area contributed by atoms with Gasteiger partial charge in [0.15, 0.2) is 0 Å². The summed E-state index contributed by atoms with van der Waals surface area (Å²) in [4.78, 5) is 0.0759. The van der Waals surface area contributed by atoms with E-state index in [0.29, 0.717) is 5.76 Å². The zero-order valence-electron chi connectivity index (χ0n) is 8.34. The van der Waals surface area contributed by atoms with Crippen molar-refractivity contribution >= 4 is 19.7 Å². The average molecular weight is 258 g/mol. The summed E-state index contributed by atoms with van der Waals surface area (Å²) in [7, 11) is 1.54. The molecule has 0 aliphatic heterocycles. The van der Waals surface area contributed by atoms with E-state index in [-0.39, 0.29) is 4.90 Å². The van der Waals surface area contributed by atoms with E-state index in [1.54, 1.807) is 25.3 Å². The topological polar surface area (TPSA) is 60.2 Å². The summed E-state index contributed by atoms with van der Waals surface area (Å²) in [6.07, 6.45) is 1.58. The molecule has 2 rings (SSSR count). The maximum Gasteiger partial charge on any atom is 0.261 e. The Labute approximate surface area is 97.3 Å². The third-order valence-corrected chi connectivity index (χ3v) is 3.57. The van der Waals surface area contributed by atoms with E-state index in [1.165, 1.54) is 12.1 Å². The maximum absolute atomic E-state index is 11.0. The zero-order valence-corrected chi connectivity index (χ0v) is 9.92. The van der Waals surface area contributed by atoms with E-state index >= 15 is 0 Å². The molecule has 1 heterocycles. The largest absolute Gasteiger partial charge is 0.361 e. The molecule has 0 aliphatic rings. The number of hydrogen-bond acceptors (Lipinski definition) is 4. The van der Waals surface area contributed by atoms with Crippen LogP contribution in [0.1, 0.15) is 5.76 Å². The van der Waals surface area contributed by atoms with E-state index in [0.717, 1.165) is 11.1 Å². The van der Waals surface area contributed by atoms with Crippen LogP contribution in [0, 0.1) is 6.92 Å². The van der Waals surface area contributed by atoms with Crippen LogP contribution < -0.4 is 0 Å². The quantitative estimate of drug-likeness (QED) is 0.776. The minimum atomic E-state index is -3.67. The molecule has 0 unspecified atom stereocenters. The molecular weight excluding hydrogens is 250 g/mol. The first-order valence-corrected chi connectivity index (χ1v) is 6.76. The van der Waals surface area contributed by atoms with Crippen molar-refractivity contribution in [1.29, 1.82) is 0 Å². The van der Waals surface area contributed by atoms with Crippen molar-refractivity contribution in [2.24, 2.45) is 0 Å². The van der Waals surface area contributed by atoms with Gasteiger partial charge in [-0.05, 0) is 24.6 Å². The number of rotatable bonds is 2. The molecule has 0 spiro atoms. The van der Waals surface area contributed by atoms with E-state index in [2.05, 4.69) is 5.16 Å². The normalized spacial score (nSPS) is 11.6. The average Bonchev–Trinajstić information content (AvgIpc) is 2.63. The Bertz CT molecular complexity index is 601. The second kappa shape index (κ2) is 3.92. The lowest BCUT2D eigenvalue weighted by atomic mass is 10.1. The molecule has 0 aliphatic carbocycles. The Morgan fingerprint density at radius 2 is 1.88 bits per heavy atom. The standard InChI is InChI=1S/C10H8ClNO3S/c1-7-10(6-12-15-7)8-2-4-9(5-3-8)16(11,13)14/h2-6H,1H3. The molecule has 0 radical (unpaired) electrons. The van der Waals surface area contributed by atoms with Gasteiger partial charge in [0.2, 0.25) is 0 Å². The highest BCUT2D eigenvalue weighted by Gasteiger charge is 2.11. The van der Waals surface area contributed by atoms with Gasteiger partial charge in [0.25, 0.3) is 9.05 Å². The summed E-state index contributed by atoms with van der Waals surface area (Å²) in [5, 5.41) is 3.65. The summed E-state index contributed by atoms with van der Waals surface area (Å²) in [6.45, 7) is 1.79. The number of halogens is 1. The van der Waals surface area contributed by atoms with Crippen molar-refractivity contribution in [3.05, 3.63) is 36.2 Å². The van der Waals surface area contributed by atoms with Crippen molar-refractivity contribution in [3.8, 4) is 11.1 Å². The minimum Gasteiger partial charge on any atom is -0.361 e. The third kappa shape index (κ3) is 2.10. The molecule has 1 aromatic carbocycles. The molecule has 0 saturated carbocycles. The van der Waals surface area contributed by atoms with E-state index in [9.17, 15) is 8.42 Å². The molecular formula is C10H8ClNO3S. The lowest BCUT2D eigenvalue weighted by Gasteiger charge is -1.99. The summed E-state index contributed by atoms with van der Waals surface area (Å²) < 4.78 is 27.0. The van der Waals surface area contributed by atoms with Crippen LogP contribution in [-0.2, 0) is 9.05 Å². The first-order chi connectivity index (χ1) is 7.48. The van der Waals surface area contributed by atoms with Gasteiger partial charge >= 0.3 is 0 Å². The highest BCUT2D eigenvalue weighted by molar-refractivity contribution is 8.13. The number of aryl methyl sites for hydroxylation is 1. The van der Waals surface area contributed by atoms with Crippen LogP contribution in [0.4, 0.5) is 0 Å². The van der Waals surface area contributed by atoms with Crippen LogP contribution in [0.2, 0.25) is 0 Å². The van der Waals surface area contributed by atoms with Crippen LogP contribution in [0.15, 0.2) is 39.9 Å². The molecule has 0 saturated heterocycles. The van der Waals surface area contributed by atoms with Gasteiger partial charge < -0.3 is 4.52 Å². The maximum atomic E-state index is 11.0. The fourth-order valence-corrected chi connectivity index (χ4v) is 2.14. The van der Waals surface area contributed by atoms with Gasteiger partial charge in [0.1, 0.15) is 5.76 Å². The summed E-state index contributed by atoms with van der Waals surface area (Å²) in [6, 6.07) is 6.22. The van der Waals surface area contributed by atoms with Crippen LogP contribution in [0.25, 0.3) is 11.1 Å².